The van der Waals surface area contributed by atoms with E-state index in [-0.39, 0.29) is 5.91 Å². The molecule has 0 bridgehead atoms. The van der Waals surface area contributed by atoms with E-state index in [1.165, 1.54) is 5.56 Å². The molecular weight excluding hydrogens is 188 g/mol. The monoisotopic (exact) mass is 206 g/mol. The summed E-state index contributed by atoms with van der Waals surface area (Å²) in [5.74, 6) is 1.23. The quantitative estimate of drug-likeness (QED) is 0.761. The van der Waals surface area contributed by atoms with Crippen LogP contribution in [0.25, 0.3) is 0 Å². The molecule has 0 aliphatic carbocycles. The van der Waals surface area contributed by atoms with Gasteiger partial charge in [0.1, 0.15) is 5.82 Å². The normalized spacial score (nSPS) is 10.5. The summed E-state index contributed by atoms with van der Waals surface area (Å²) in [5, 5.41) is 0. The van der Waals surface area contributed by atoms with Crippen molar-refractivity contribution in [2.24, 2.45) is 0 Å². The van der Waals surface area contributed by atoms with Gasteiger partial charge in [-0.15, -0.1) is 0 Å². The van der Waals surface area contributed by atoms with Crippen molar-refractivity contribution in [3.63, 3.8) is 0 Å². The van der Waals surface area contributed by atoms with Gasteiger partial charge in [-0.25, -0.2) is 4.98 Å². The lowest BCUT2D eigenvalue weighted by Crippen LogP contribution is -2.28. The topological polar surface area (TPSA) is 33.2 Å². The number of pyridine rings is 1. The third kappa shape index (κ3) is 2.78. The van der Waals surface area contributed by atoms with E-state index in [0.717, 1.165) is 5.82 Å². The molecule has 15 heavy (non-hydrogen) atoms. The van der Waals surface area contributed by atoms with Crippen LogP contribution in [-0.2, 0) is 4.79 Å². The zero-order valence-corrected chi connectivity index (χ0v) is 9.82. The van der Waals surface area contributed by atoms with Gasteiger partial charge in [0.05, 0.1) is 0 Å². The van der Waals surface area contributed by atoms with Crippen molar-refractivity contribution in [3.05, 3.63) is 23.9 Å². The average molecular weight is 206 g/mol. The molecule has 0 spiro atoms. The van der Waals surface area contributed by atoms with Crippen LogP contribution in [0.1, 0.15) is 39.2 Å². The molecule has 1 rings (SSSR count). The largest absolute Gasteiger partial charge is 0.297 e. The van der Waals surface area contributed by atoms with E-state index < -0.39 is 0 Å². The van der Waals surface area contributed by atoms with E-state index in [9.17, 15) is 4.79 Å². The van der Waals surface area contributed by atoms with E-state index in [1.807, 2.05) is 25.3 Å². The number of rotatable bonds is 3. The molecule has 1 aromatic rings. The first kappa shape index (κ1) is 11.7. The van der Waals surface area contributed by atoms with Crippen molar-refractivity contribution in [1.82, 2.24) is 4.98 Å². The van der Waals surface area contributed by atoms with Crippen LogP contribution in [0.15, 0.2) is 18.3 Å². The van der Waals surface area contributed by atoms with Crippen LogP contribution in [0.5, 0.6) is 0 Å². The molecular formula is C12H18N2O. The average Bonchev–Trinajstić information content (AvgIpc) is 2.19. The number of carbonyl (C=O) groups is 1. The number of aromatic nitrogens is 1. The Labute approximate surface area is 91.1 Å². The maximum Gasteiger partial charge on any atom is 0.225 e. The third-order valence-electron chi connectivity index (χ3n) is 2.41. The lowest BCUT2D eigenvalue weighted by Gasteiger charge is -2.18. The first-order valence-electron chi connectivity index (χ1n) is 5.30. The number of nitrogens with zero attached hydrogens (tertiary/aromatic N) is 2. The SMILES string of the molecule is CCN(C(C)=O)c1ccc(C(C)C)cn1. The van der Waals surface area contributed by atoms with Crippen molar-refractivity contribution in [1.29, 1.82) is 0 Å². The van der Waals surface area contributed by atoms with Gasteiger partial charge in [0.15, 0.2) is 0 Å². The summed E-state index contributed by atoms with van der Waals surface area (Å²) < 4.78 is 0. The standard InChI is InChI=1S/C12H18N2O/c1-5-14(10(4)15)12-7-6-11(8-13-12)9(2)3/h6-9H,5H2,1-4H3. The molecule has 0 fully saturated rings. The fourth-order valence-electron chi connectivity index (χ4n) is 1.44. The van der Waals surface area contributed by atoms with Gasteiger partial charge in [-0.05, 0) is 24.5 Å². The Morgan fingerprint density at radius 3 is 2.47 bits per heavy atom. The van der Waals surface area contributed by atoms with Crippen molar-refractivity contribution in [2.45, 2.75) is 33.6 Å². The molecule has 82 valence electrons. The number of anilines is 1. The van der Waals surface area contributed by atoms with E-state index in [0.29, 0.717) is 12.5 Å². The van der Waals surface area contributed by atoms with Crippen LogP contribution in [0.2, 0.25) is 0 Å². The van der Waals surface area contributed by atoms with Crippen LogP contribution >= 0.6 is 0 Å². The minimum absolute atomic E-state index is 0.0299. The zero-order valence-electron chi connectivity index (χ0n) is 9.82. The summed E-state index contributed by atoms with van der Waals surface area (Å²) >= 11 is 0. The molecule has 0 saturated heterocycles. The Morgan fingerprint density at radius 2 is 2.13 bits per heavy atom. The van der Waals surface area contributed by atoms with Crippen molar-refractivity contribution >= 4 is 11.7 Å². The van der Waals surface area contributed by atoms with Crippen LogP contribution in [0, 0.1) is 0 Å². The Morgan fingerprint density at radius 1 is 1.47 bits per heavy atom. The predicted molar refractivity (Wildman–Crippen MR) is 62.0 cm³/mol. The second-order valence-electron chi connectivity index (χ2n) is 3.87. The summed E-state index contributed by atoms with van der Waals surface area (Å²) in [6.45, 7) is 8.41. The minimum Gasteiger partial charge on any atom is -0.297 e. The highest BCUT2D eigenvalue weighted by Crippen LogP contribution is 2.16. The number of carbonyl (C=O) groups excluding carboxylic acids is 1. The molecule has 0 unspecified atom stereocenters. The Bertz CT molecular complexity index is 330. The molecule has 0 aliphatic heterocycles. The molecule has 3 heteroatoms. The lowest BCUT2D eigenvalue weighted by molar-refractivity contribution is -0.116. The fraction of sp³-hybridized carbons (Fsp3) is 0.500. The Kier molecular flexibility index (Phi) is 3.83. The molecule has 0 atom stereocenters. The van der Waals surface area contributed by atoms with Crippen LogP contribution < -0.4 is 4.90 Å². The van der Waals surface area contributed by atoms with Crippen LogP contribution in [-0.4, -0.2) is 17.4 Å². The van der Waals surface area contributed by atoms with Gasteiger partial charge in [-0.1, -0.05) is 19.9 Å². The highest BCUT2D eigenvalue weighted by molar-refractivity contribution is 5.90. The number of hydrogen-bond donors (Lipinski definition) is 0. The van der Waals surface area contributed by atoms with Gasteiger partial charge in [0.2, 0.25) is 5.91 Å². The van der Waals surface area contributed by atoms with Crippen LogP contribution in [0.3, 0.4) is 0 Å². The second-order valence-corrected chi connectivity index (χ2v) is 3.87. The Balaban J connectivity index is 2.92. The summed E-state index contributed by atoms with van der Waals surface area (Å²) in [6, 6.07) is 3.93. The van der Waals surface area contributed by atoms with Gasteiger partial charge in [-0.2, -0.15) is 0 Å². The summed E-state index contributed by atoms with van der Waals surface area (Å²) in [7, 11) is 0. The third-order valence-corrected chi connectivity index (χ3v) is 2.41. The molecule has 0 radical (unpaired) electrons. The van der Waals surface area contributed by atoms with Gasteiger partial charge in [0, 0.05) is 19.7 Å². The second kappa shape index (κ2) is 4.91. The van der Waals surface area contributed by atoms with Crippen molar-refractivity contribution in [3.8, 4) is 0 Å². The molecule has 0 saturated carbocycles. The molecule has 1 amide bonds. The van der Waals surface area contributed by atoms with Gasteiger partial charge in [0.25, 0.3) is 0 Å². The Hall–Kier alpha value is -1.38. The lowest BCUT2D eigenvalue weighted by atomic mass is 10.1. The van der Waals surface area contributed by atoms with E-state index in [4.69, 9.17) is 0 Å². The van der Waals surface area contributed by atoms with Gasteiger partial charge >= 0.3 is 0 Å². The van der Waals surface area contributed by atoms with E-state index in [1.54, 1.807) is 11.8 Å². The molecule has 0 aromatic carbocycles. The summed E-state index contributed by atoms with van der Waals surface area (Å²) in [4.78, 5) is 17.2. The molecule has 0 aliphatic rings. The number of hydrogen-bond acceptors (Lipinski definition) is 2. The van der Waals surface area contributed by atoms with Crippen molar-refractivity contribution < 1.29 is 4.79 Å². The smallest absolute Gasteiger partial charge is 0.225 e. The predicted octanol–water partition coefficient (Wildman–Crippen LogP) is 2.58. The molecule has 1 heterocycles. The molecule has 3 nitrogen and oxygen atoms in total. The van der Waals surface area contributed by atoms with Gasteiger partial charge < -0.3 is 0 Å². The van der Waals surface area contributed by atoms with E-state index >= 15 is 0 Å². The summed E-state index contributed by atoms with van der Waals surface area (Å²) in [6.07, 6.45) is 1.84. The minimum atomic E-state index is 0.0299. The summed E-state index contributed by atoms with van der Waals surface area (Å²) in [5.41, 5.74) is 1.19. The zero-order chi connectivity index (χ0) is 11.4. The maximum atomic E-state index is 11.3. The fourth-order valence-corrected chi connectivity index (χ4v) is 1.44. The highest BCUT2D eigenvalue weighted by Gasteiger charge is 2.10. The maximum absolute atomic E-state index is 11.3. The van der Waals surface area contributed by atoms with Crippen molar-refractivity contribution in [2.75, 3.05) is 11.4 Å². The molecule has 0 N–H and O–H groups in total. The number of amides is 1. The first-order chi connectivity index (χ1) is 7.06. The first-order valence-corrected chi connectivity index (χ1v) is 5.30. The van der Waals surface area contributed by atoms with E-state index in [2.05, 4.69) is 18.8 Å². The van der Waals surface area contributed by atoms with Crippen LogP contribution in [0.4, 0.5) is 5.82 Å². The van der Waals surface area contributed by atoms with Gasteiger partial charge in [-0.3, -0.25) is 9.69 Å². The highest BCUT2D eigenvalue weighted by atomic mass is 16.2. The molecule has 1 aromatic heterocycles.